The predicted molar refractivity (Wildman–Crippen MR) is 102 cm³/mol. The smallest absolute Gasteiger partial charge is 0.271 e. The van der Waals surface area contributed by atoms with Gasteiger partial charge in [-0.2, -0.15) is 0 Å². The lowest BCUT2D eigenvalue weighted by Crippen LogP contribution is -2.35. The third-order valence-corrected chi connectivity index (χ3v) is 3.98. The van der Waals surface area contributed by atoms with E-state index in [1.54, 1.807) is 12.4 Å². The zero-order valence-corrected chi connectivity index (χ0v) is 14.6. The average Bonchev–Trinajstić information content (AvgIpc) is 2.65. The molecule has 138 valence electrons. The molecule has 0 spiro atoms. The maximum atomic E-state index is 11.7. The maximum absolute atomic E-state index is 11.7. The van der Waals surface area contributed by atoms with Crippen LogP contribution in [0.3, 0.4) is 0 Å². The minimum atomic E-state index is -0.719. The molecule has 9 nitrogen and oxygen atoms in total. The van der Waals surface area contributed by atoms with Crippen LogP contribution in [-0.2, 0) is 4.79 Å². The number of carbonyl (C=O) groups excluding carboxylic acids is 2. The zero-order valence-electron chi connectivity index (χ0n) is 14.6. The molecule has 1 aromatic carbocycles. The van der Waals surface area contributed by atoms with Crippen LogP contribution in [0.2, 0.25) is 0 Å². The van der Waals surface area contributed by atoms with Gasteiger partial charge in [0, 0.05) is 23.5 Å². The third kappa shape index (κ3) is 4.09. The first-order chi connectivity index (χ1) is 13.0. The number of rotatable bonds is 7. The van der Waals surface area contributed by atoms with E-state index in [0.717, 1.165) is 10.8 Å². The normalized spacial score (nSPS) is 11.7. The van der Waals surface area contributed by atoms with Crippen molar-refractivity contribution in [3.8, 4) is 0 Å². The second-order valence-electron chi connectivity index (χ2n) is 5.89. The number of amides is 2. The number of carbonyl (C=O) groups is 2. The van der Waals surface area contributed by atoms with Crippen LogP contribution in [0.5, 0.6) is 0 Å². The molecule has 0 bridgehead atoms. The first kappa shape index (κ1) is 18.1. The molecule has 0 saturated heterocycles. The first-order valence-corrected chi connectivity index (χ1v) is 8.31. The molecular weight excluding hydrogens is 346 g/mol. The fourth-order valence-electron chi connectivity index (χ4n) is 2.58. The van der Waals surface area contributed by atoms with Gasteiger partial charge in [0.15, 0.2) is 11.5 Å². The highest BCUT2D eigenvalue weighted by Gasteiger charge is 2.17. The summed E-state index contributed by atoms with van der Waals surface area (Å²) in [7, 11) is 0. The molecule has 0 aliphatic carbocycles. The van der Waals surface area contributed by atoms with Gasteiger partial charge >= 0.3 is 0 Å². The van der Waals surface area contributed by atoms with Gasteiger partial charge in [-0.15, -0.1) is 0 Å². The van der Waals surface area contributed by atoms with E-state index in [-0.39, 0.29) is 11.5 Å². The summed E-state index contributed by atoms with van der Waals surface area (Å²) in [5.41, 5.74) is 11.4. The van der Waals surface area contributed by atoms with Gasteiger partial charge in [0.05, 0.1) is 6.20 Å². The number of aromatic nitrogens is 3. The standard InChI is InChI=1S/C18H19N7O2/c1-2-13(16(19)26)24-14-9-22-15(17(20)27)18(25-14)23-12-4-3-11-8-21-6-5-10(11)7-12/h3-9,13H,2H2,1H3,(H2,19,26)(H2,20,27)(H2,23,24,25). The van der Waals surface area contributed by atoms with E-state index in [2.05, 4.69) is 25.6 Å². The first-order valence-electron chi connectivity index (χ1n) is 8.31. The predicted octanol–water partition coefficient (Wildman–Crippen LogP) is 1.54. The average molecular weight is 365 g/mol. The topological polar surface area (TPSA) is 149 Å². The number of pyridine rings is 1. The minimum Gasteiger partial charge on any atom is -0.368 e. The Morgan fingerprint density at radius 1 is 1.15 bits per heavy atom. The van der Waals surface area contributed by atoms with Crippen molar-refractivity contribution in [2.24, 2.45) is 11.5 Å². The second-order valence-corrected chi connectivity index (χ2v) is 5.89. The van der Waals surface area contributed by atoms with Gasteiger partial charge in [-0.3, -0.25) is 14.6 Å². The van der Waals surface area contributed by atoms with E-state index in [9.17, 15) is 9.59 Å². The Morgan fingerprint density at radius 3 is 2.67 bits per heavy atom. The molecule has 3 rings (SSSR count). The molecule has 27 heavy (non-hydrogen) atoms. The largest absolute Gasteiger partial charge is 0.368 e. The van der Waals surface area contributed by atoms with Crippen molar-refractivity contribution >= 4 is 39.9 Å². The molecule has 0 aliphatic heterocycles. The number of anilines is 3. The van der Waals surface area contributed by atoms with Crippen molar-refractivity contribution in [3.05, 3.63) is 48.5 Å². The SMILES string of the molecule is CCC(Nc1cnc(C(N)=O)c(Nc2ccc3cnccc3c2)n1)C(N)=O. The van der Waals surface area contributed by atoms with Gasteiger partial charge in [0.1, 0.15) is 11.9 Å². The molecular formula is C18H19N7O2. The van der Waals surface area contributed by atoms with Gasteiger partial charge in [-0.1, -0.05) is 13.0 Å². The number of hydrogen-bond donors (Lipinski definition) is 4. The number of hydrogen-bond acceptors (Lipinski definition) is 7. The van der Waals surface area contributed by atoms with Crippen molar-refractivity contribution < 1.29 is 9.59 Å². The molecule has 2 aromatic heterocycles. The number of fused-ring (bicyclic) bond motifs is 1. The molecule has 1 unspecified atom stereocenters. The van der Waals surface area contributed by atoms with Gasteiger partial charge in [-0.25, -0.2) is 9.97 Å². The van der Waals surface area contributed by atoms with Crippen LogP contribution in [0.25, 0.3) is 10.8 Å². The quantitative estimate of drug-likeness (QED) is 0.496. The second kappa shape index (κ2) is 7.65. The van der Waals surface area contributed by atoms with Crippen LogP contribution in [0.1, 0.15) is 23.8 Å². The summed E-state index contributed by atoms with van der Waals surface area (Å²) in [4.78, 5) is 35.6. The molecule has 0 aliphatic rings. The van der Waals surface area contributed by atoms with E-state index < -0.39 is 17.9 Å². The molecule has 1 atom stereocenters. The van der Waals surface area contributed by atoms with Crippen LogP contribution >= 0.6 is 0 Å². The van der Waals surface area contributed by atoms with Crippen molar-refractivity contribution in [3.63, 3.8) is 0 Å². The number of nitrogens with one attached hydrogen (secondary N) is 2. The van der Waals surface area contributed by atoms with Crippen molar-refractivity contribution in [1.82, 2.24) is 15.0 Å². The third-order valence-electron chi connectivity index (χ3n) is 3.98. The lowest BCUT2D eigenvalue weighted by molar-refractivity contribution is -0.118. The van der Waals surface area contributed by atoms with Crippen LogP contribution < -0.4 is 22.1 Å². The molecule has 0 radical (unpaired) electrons. The summed E-state index contributed by atoms with van der Waals surface area (Å²) in [5, 5.41) is 7.91. The highest BCUT2D eigenvalue weighted by molar-refractivity contribution is 5.97. The van der Waals surface area contributed by atoms with Crippen molar-refractivity contribution in [1.29, 1.82) is 0 Å². The van der Waals surface area contributed by atoms with Gasteiger partial charge in [0.2, 0.25) is 5.91 Å². The Labute approximate surface area is 155 Å². The molecule has 3 aromatic rings. The lowest BCUT2D eigenvalue weighted by atomic mass is 10.1. The number of nitrogens with two attached hydrogens (primary N) is 2. The molecule has 2 amide bonds. The molecule has 0 fully saturated rings. The Hall–Kier alpha value is -3.75. The minimum absolute atomic E-state index is 0.0116. The molecule has 0 saturated carbocycles. The van der Waals surface area contributed by atoms with Crippen LogP contribution in [0.4, 0.5) is 17.3 Å². The van der Waals surface area contributed by atoms with Crippen molar-refractivity contribution in [2.45, 2.75) is 19.4 Å². The fraction of sp³-hybridized carbons (Fsp3) is 0.167. The van der Waals surface area contributed by atoms with Gasteiger partial charge < -0.3 is 22.1 Å². The number of nitrogens with zero attached hydrogens (tertiary/aromatic N) is 3. The fourth-order valence-corrected chi connectivity index (χ4v) is 2.58. The highest BCUT2D eigenvalue weighted by atomic mass is 16.1. The summed E-state index contributed by atoms with van der Waals surface area (Å²) in [6, 6.07) is 6.89. The van der Waals surface area contributed by atoms with Crippen LogP contribution in [0.15, 0.2) is 42.9 Å². The van der Waals surface area contributed by atoms with Crippen LogP contribution in [-0.4, -0.2) is 32.8 Å². The van der Waals surface area contributed by atoms with E-state index in [1.165, 1.54) is 6.20 Å². The van der Waals surface area contributed by atoms with E-state index in [4.69, 9.17) is 11.5 Å². The van der Waals surface area contributed by atoms with Crippen LogP contribution in [0, 0.1) is 0 Å². The Bertz CT molecular complexity index is 1010. The monoisotopic (exact) mass is 365 g/mol. The van der Waals surface area contributed by atoms with E-state index in [1.807, 2.05) is 31.2 Å². The summed E-state index contributed by atoms with van der Waals surface area (Å²) >= 11 is 0. The maximum Gasteiger partial charge on any atom is 0.271 e. The Morgan fingerprint density at radius 2 is 1.96 bits per heavy atom. The van der Waals surface area contributed by atoms with E-state index in [0.29, 0.717) is 17.9 Å². The summed E-state index contributed by atoms with van der Waals surface area (Å²) in [6.45, 7) is 1.82. The number of benzene rings is 1. The van der Waals surface area contributed by atoms with Gasteiger partial charge in [-0.05, 0) is 30.0 Å². The molecule has 6 N–H and O–H groups in total. The molecule has 2 heterocycles. The van der Waals surface area contributed by atoms with E-state index >= 15 is 0 Å². The highest BCUT2D eigenvalue weighted by Crippen LogP contribution is 2.23. The summed E-state index contributed by atoms with van der Waals surface area (Å²) in [5.74, 6) is -0.738. The lowest BCUT2D eigenvalue weighted by Gasteiger charge is -2.16. The Kier molecular flexibility index (Phi) is 5.11. The zero-order chi connectivity index (χ0) is 19.4. The van der Waals surface area contributed by atoms with Crippen molar-refractivity contribution in [2.75, 3.05) is 10.6 Å². The molecule has 9 heteroatoms. The summed E-state index contributed by atoms with van der Waals surface area (Å²) in [6.07, 6.45) is 5.27. The van der Waals surface area contributed by atoms with Gasteiger partial charge in [0.25, 0.3) is 5.91 Å². The summed E-state index contributed by atoms with van der Waals surface area (Å²) < 4.78 is 0. The number of primary amides is 2. The Balaban J connectivity index is 1.94.